The van der Waals surface area contributed by atoms with E-state index in [0.717, 1.165) is 19.5 Å². The van der Waals surface area contributed by atoms with Crippen molar-refractivity contribution in [2.75, 3.05) is 26.7 Å². The van der Waals surface area contributed by atoms with E-state index in [1.807, 2.05) is 0 Å². The van der Waals surface area contributed by atoms with Crippen molar-refractivity contribution in [3.63, 3.8) is 0 Å². The van der Waals surface area contributed by atoms with Crippen LogP contribution < -0.4 is 10.6 Å². The zero-order valence-electron chi connectivity index (χ0n) is 13.0. The Hall–Kier alpha value is -0.250. The van der Waals surface area contributed by atoms with E-state index in [-0.39, 0.29) is 36.6 Å². The fourth-order valence-electron chi connectivity index (χ4n) is 3.22. The number of rotatable bonds is 4. The molecule has 2 fully saturated rings. The Kier molecular flexibility index (Phi) is 8.23. The van der Waals surface area contributed by atoms with Crippen LogP contribution in [-0.2, 0) is 0 Å². The van der Waals surface area contributed by atoms with Crippen molar-refractivity contribution in [2.45, 2.75) is 56.8 Å². The summed E-state index contributed by atoms with van der Waals surface area (Å²) in [5, 5.41) is 5.97. The largest absolute Gasteiger partial charge is 0.390 e. The number of aliphatic imine (C=N–C) groups is 1. The maximum absolute atomic E-state index is 12.1. The molecular weight excluding hydrogens is 408 g/mol. The van der Waals surface area contributed by atoms with E-state index in [0.29, 0.717) is 12.0 Å². The first-order valence-corrected chi connectivity index (χ1v) is 7.76. The van der Waals surface area contributed by atoms with Gasteiger partial charge in [0.1, 0.15) is 0 Å². The van der Waals surface area contributed by atoms with Crippen molar-refractivity contribution in [1.82, 2.24) is 15.5 Å². The molecule has 1 aliphatic carbocycles. The highest BCUT2D eigenvalue weighted by Gasteiger charge is 2.30. The van der Waals surface area contributed by atoms with Crippen LogP contribution in [0.2, 0.25) is 0 Å². The predicted molar refractivity (Wildman–Crippen MR) is 92.8 cm³/mol. The molecule has 1 aliphatic heterocycles. The van der Waals surface area contributed by atoms with Gasteiger partial charge in [0.25, 0.3) is 0 Å². The van der Waals surface area contributed by atoms with Gasteiger partial charge in [0, 0.05) is 38.8 Å². The van der Waals surface area contributed by atoms with E-state index < -0.39 is 12.6 Å². The Morgan fingerprint density at radius 2 is 1.91 bits per heavy atom. The second-order valence-electron chi connectivity index (χ2n) is 5.93. The molecule has 2 aliphatic rings. The summed E-state index contributed by atoms with van der Waals surface area (Å²) in [7, 11) is 1.59. The summed E-state index contributed by atoms with van der Waals surface area (Å²) in [4.78, 5) is 6.51. The van der Waals surface area contributed by atoms with Gasteiger partial charge in [-0.15, -0.1) is 24.0 Å². The highest BCUT2D eigenvalue weighted by Crippen LogP contribution is 2.26. The molecule has 0 aromatic carbocycles. The monoisotopic (exact) mass is 434 g/mol. The Labute approximate surface area is 147 Å². The van der Waals surface area contributed by atoms with Crippen molar-refractivity contribution in [1.29, 1.82) is 0 Å². The zero-order valence-corrected chi connectivity index (χ0v) is 15.3. The minimum atomic E-state index is -4.13. The molecule has 2 N–H and O–H groups in total. The zero-order chi connectivity index (χ0) is 15.3. The topological polar surface area (TPSA) is 39.7 Å². The normalized spacial score (nSPS) is 24.4. The maximum atomic E-state index is 12.1. The maximum Gasteiger partial charge on any atom is 0.390 e. The third-order valence-corrected chi connectivity index (χ3v) is 4.33. The Balaban J connectivity index is 0.00000242. The SMILES string of the molecule is CN=C(NCCC(F)(F)F)NC1CCN(C2CCCC2)C1.I. The Morgan fingerprint density at radius 1 is 1.23 bits per heavy atom. The molecule has 1 unspecified atom stereocenters. The summed E-state index contributed by atoms with van der Waals surface area (Å²) in [6.07, 6.45) is 1.26. The minimum absolute atomic E-state index is 0. The van der Waals surface area contributed by atoms with Gasteiger partial charge in [-0.25, -0.2) is 0 Å². The lowest BCUT2D eigenvalue weighted by Crippen LogP contribution is -2.45. The molecule has 0 bridgehead atoms. The van der Waals surface area contributed by atoms with Gasteiger partial charge in [0.15, 0.2) is 5.96 Å². The molecule has 130 valence electrons. The molecule has 22 heavy (non-hydrogen) atoms. The van der Waals surface area contributed by atoms with Gasteiger partial charge < -0.3 is 10.6 Å². The number of halogens is 4. The summed E-state index contributed by atoms with van der Waals surface area (Å²) >= 11 is 0. The van der Waals surface area contributed by atoms with Crippen LogP contribution in [-0.4, -0.2) is 55.8 Å². The summed E-state index contributed by atoms with van der Waals surface area (Å²) in [6.45, 7) is 1.90. The molecule has 0 aromatic rings. The van der Waals surface area contributed by atoms with Crippen LogP contribution in [0.1, 0.15) is 38.5 Å². The summed E-state index contributed by atoms with van der Waals surface area (Å²) in [6, 6.07) is 0.986. The van der Waals surface area contributed by atoms with Crippen molar-refractivity contribution in [3.8, 4) is 0 Å². The second kappa shape index (κ2) is 9.14. The van der Waals surface area contributed by atoms with Gasteiger partial charge >= 0.3 is 6.18 Å². The number of hydrogen-bond acceptors (Lipinski definition) is 2. The van der Waals surface area contributed by atoms with Gasteiger partial charge in [-0.05, 0) is 19.3 Å². The van der Waals surface area contributed by atoms with Gasteiger partial charge in [0.2, 0.25) is 0 Å². The molecule has 1 heterocycles. The molecular formula is C14H26F3IN4. The van der Waals surface area contributed by atoms with E-state index in [9.17, 15) is 13.2 Å². The van der Waals surface area contributed by atoms with Crippen LogP contribution in [0, 0.1) is 0 Å². The minimum Gasteiger partial charge on any atom is -0.356 e. The molecule has 0 aromatic heterocycles. The third kappa shape index (κ3) is 6.47. The standard InChI is InChI=1S/C14H25F3N4.HI/c1-18-13(19-8-7-14(15,16)17)20-11-6-9-21(10-11)12-4-2-3-5-12;/h11-12H,2-10H2,1H3,(H2,18,19,20);1H. The van der Waals surface area contributed by atoms with Gasteiger partial charge in [-0.1, -0.05) is 12.8 Å². The summed E-state index contributed by atoms with van der Waals surface area (Å²) < 4.78 is 36.4. The highest BCUT2D eigenvalue weighted by atomic mass is 127. The van der Waals surface area contributed by atoms with Crippen molar-refractivity contribution in [2.24, 2.45) is 4.99 Å². The van der Waals surface area contributed by atoms with E-state index in [4.69, 9.17) is 0 Å². The van der Waals surface area contributed by atoms with Crippen molar-refractivity contribution < 1.29 is 13.2 Å². The molecule has 0 radical (unpaired) electrons. The number of nitrogens with zero attached hydrogens (tertiary/aromatic N) is 2. The number of nitrogens with one attached hydrogen (secondary N) is 2. The highest BCUT2D eigenvalue weighted by molar-refractivity contribution is 14.0. The van der Waals surface area contributed by atoms with Crippen LogP contribution in [0.5, 0.6) is 0 Å². The lowest BCUT2D eigenvalue weighted by molar-refractivity contribution is -0.132. The van der Waals surface area contributed by atoms with Crippen LogP contribution in [0.25, 0.3) is 0 Å². The molecule has 1 atom stereocenters. The molecule has 1 saturated heterocycles. The average Bonchev–Trinajstić information content (AvgIpc) is 3.06. The van der Waals surface area contributed by atoms with Crippen molar-refractivity contribution in [3.05, 3.63) is 0 Å². The van der Waals surface area contributed by atoms with E-state index in [1.54, 1.807) is 7.05 Å². The second-order valence-corrected chi connectivity index (χ2v) is 5.93. The van der Waals surface area contributed by atoms with E-state index in [1.165, 1.54) is 25.7 Å². The first-order chi connectivity index (χ1) is 9.98. The molecule has 0 amide bonds. The summed E-state index contributed by atoms with van der Waals surface area (Å²) in [5.74, 6) is 0.470. The number of hydrogen-bond donors (Lipinski definition) is 2. The predicted octanol–water partition coefficient (Wildman–Crippen LogP) is 2.74. The number of alkyl halides is 3. The molecule has 2 rings (SSSR count). The van der Waals surface area contributed by atoms with E-state index in [2.05, 4.69) is 20.5 Å². The molecule has 8 heteroatoms. The fourth-order valence-corrected chi connectivity index (χ4v) is 3.22. The summed E-state index contributed by atoms with van der Waals surface area (Å²) in [5.41, 5.74) is 0. The van der Waals surface area contributed by atoms with Crippen LogP contribution in [0.15, 0.2) is 4.99 Å². The van der Waals surface area contributed by atoms with Crippen molar-refractivity contribution >= 4 is 29.9 Å². The number of likely N-dealkylation sites (tertiary alicyclic amines) is 1. The van der Waals surface area contributed by atoms with Gasteiger partial charge in [-0.2, -0.15) is 13.2 Å². The number of guanidine groups is 1. The van der Waals surface area contributed by atoms with Crippen LogP contribution in [0.3, 0.4) is 0 Å². The smallest absolute Gasteiger partial charge is 0.356 e. The van der Waals surface area contributed by atoms with E-state index >= 15 is 0 Å². The molecule has 1 saturated carbocycles. The third-order valence-electron chi connectivity index (χ3n) is 4.33. The molecule has 0 spiro atoms. The first-order valence-electron chi connectivity index (χ1n) is 7.76. The van der Waals surface area contributed by atoms with Gasteiger partial charge in [0.05, 0.1) is 6.42 Å². The lowest BCUT2D eigenvalue weighted by Gasteiger charge is -2.24. The first kappa shape index (κ1) is 19.8. The molecule has 4 nitrogen and oxygen atoms in total. The lowest BCUT2D eigenvalue weighted by atomic mass is 10.2. The Bertz CT molecular complexity index is 356. The quantitative estimate of drug-likeness (QED) is 0.406. The van der Waals surface area contributed by atoms with Crippen LogP contribution >= 0.6 is 24.0 Å². The fraction of sp³-hybridized carbons (Fsp3) is 0.929. The van der Waals surface area contributed by atoms with Gasteiger partial charge in [-0.3, -0.25) is 9.89 Å². The van der Waals surface area contributed by atoms with Crippen LogP contribution in [0.4, 0.5) is 13.2 Å². The Morgan fingerprint density at radius 3 is 2.50 bits per heavy atom. The average molecular weight is 434 g/mol.